The first-order valence-corrected chi connectivity index (χ1v) is 7.60. The van der Waals surface area contributed by atoms with E-state index >= 15 is 0 Å². The summed E-state index contributed by atoms with van der Waals surface area (Å²) in [5, 5.41) is 0.892. The van der Waals surface area contributed by atoms with Gasteiger partial charge >= 0.3 is 0 Å². The molecule has 0 aliphatic carbocycles. The van der Waals surface area contributed by atoms with Gasteiger partial charge < -0.3 is 4.42 Å². The number of aromatic nitrogens is 3. The Hall–Kier alpha value is -2.79. The van der Waals surface area contributed by atoms with E-state index in [-0.39, 0.29) is 0 Å². The summed E-state index contributed by atoms with van der Waals surface area (Å²) in [6, 6.07) is 13.8. The Morgan fingerprint density at radius 1 is 1.00 bits per heavy atom. The van der Waals surface area contributed by atoms with Gasteiger partial charge in [-0.3, -0.25) is 0 Å². The van der Waals surface area contributed by atoms with Crippen molar-refractivity contribution in [2.45, 2.75) is 0 Å². The summed E-state index contributed by atoms with van der Waals surface area (Å²) in [5.41, 5.74) is 1.84. The van der Waals surface area contributed by atoms with Crippen molar-refractivity contribution in [3.8, 4) is 10.8 Å². The summed E-state index contributed by atoms with van der Waals surface area (Å²) in [4.78, 5) is 12.6. The average Bonchev–Trinajstić information content (AvgIpc) is 3.20. The lowest BCUT2D eigenvalue weighted by Crippen LogP contribution is -1.79. The third-order valence-corrected chi connectivity index (χ3v) is 4.21. The summed E-state index contributed by atoms with van der Waals surface area (Å²) >= 11 is 1.63. The summed E-state index contributed by atoms with van der Waals surface area (Å²) in [6.45, 7) is 0. The lowest BCUT2D eigenvalue weighted by Gasteiger charge is -1.90. The maximum absolute atomic E-state index is 5.84. The Bertz CT molecular complexity index is 908. The Labute approximate surface area is 130 Å². The number of hydrogen-bond donors (Lipinski definition) is 0. The molecule has 3 aromatic heterocycles. The topological polar surface area (TPSA) is 51.8 Å². The van der Waals surface area contributed by atoms with Crippen LogP contribution < -0.4 is 0 Å². The van der Waals surface area contributed by atoms with Crippen LogP contribution in [0.4, 0.5) is 0 Å². The van der Waals surface area contributed by atoms with Gasteiger partial charge in [0.05, 0.1) is 15.9 Å². The molecule has 0 fully saturated rings. The highest BCUT2D eigenvalue weighted by molar-refractivity contribution is 7.21. The molecule has 3 heterocycles. The second-order valence-electron chi connectivity index (χ2n) is 4.66. The van der Waals surface area contributed by atoms with Crippen LogP contribution in [0.15, 0.2) is 59.4 Å². The summed E-state index contributed by atoms with van der Waals surface area (Å²) in [6.07, 6.45) is 7.01. The van der Waals surface area contributed by atoms with Crippen molar-refractivity contribution in [1.29, 1.82) is 0 Å². The van der Waals surface area contributed by atoms with Crippen LogP contribution in [-0.2, 0) is 0 Å². The summed E-state index contributed by atoms with van der Waals surface area (Å²) in [5.74, 6) is 1.55. The fourth-order valence-electron chi connectivity index (χ4n) is 2.10. The SMILES string of the molecule is C(=C\c1ccc(-c2nc3ccccc3s2)o1)/c1ccncn1. The number of para-hydroxylation sites is 1. The van der Waals surface area contributed by atoms with Gasteiger partial charge in [-0.25, -0.2) is 15.0 Å². The maximum Gasteiger partial charge on any atom is 0.163 e. The molecule has 0 radical (unpaired) electrons. The van der Waals surface area contributed by atoms with Crippen LogP contribution in [0.25, 0.3) is 33.1 Å². The normalized spacial score (nSPS) is 11.5. The predicted molar refractivity (Wildman–Crippen MR) is 88.3 cm³/mol. The monoisotopic (exact) mass is 305 g/mol. The number of thiazole rings is 1. The van der Waals surface area contributed by atoms with E-state index in [4.69, 9.17) is 4.42 Å². The third kappa shape index (κ3) is 2.54. The van der Waals surface area contributed by atoms with E-state index in [0.717, 1.165) is 32.4 Å². The van der Waals surface area contributed by atoms with E-state index in [2.05, 4.69) is 21.0 Å². The predicted octanol–water partition coefficient (Wildman–Crippen LogP) is 4.52. The number of furan rings is 1. The van der Waals surface area contributed by atoms with Gasteiger partial charge in [0.1, 0.15) is 12.1 Å². The van der Waals surface area contributed by atoms with Crippen molar-refractivity contribution in [3.05, 3.63) is 66.4 Å². The highest BCUT2D eigenvalue weighted by Gasteiger charge is 2.09. The molecule has 0 saturated heterocycles. The Morgan fingerprint density at radius 3 is 2.82 bits per heavy atom. The molecule has 0 saturated carbocycles. The van der Waals surface area contributed by atoms with Crippen LogP contribution in [0.5, 0.6) is 0 Å². The summed E-state index contributed by atoms with van der Waals surface area (Å²) < 4.78 is 7.00. The molecule has 22 heavy (non-hydrogen) atoms. The lowest BCUT2D eigenvalue weighted by atomic mass is 10.3. The molecule has 0 N–H and O–H groups in total. The minimum atomic E-state index is 0.771. The van der Waals surface area contributed by atoms with Crippen molar-refractivity contribution in [2.24, 2.45) is 0 Å². The molecule has 0 atom stereocenters. The first-order chi connectivity index (χ1) is 10.9. The molecule has 0 spiro atoms. The van der Waals surface area contributed by atoms with E-state index < -0.39 is 0 Å². The molecule has 4 nitrogen and oxygen atoms in total. The number of rotatable bonds is 3. The molecule has 5 heteroatoms. The van der Waals surface area contributed by atoms with Crippen molar-refractivity contribution in [2.75, 3.05) is 0 Å². The van der Waals surface area contributed by atoms with Gasteiger partial charge in [-0.15, -0.1) is 11.3 Å². The Balaban J connectivity index is 1.62. The number of fused-ring (bicyclic) bond motifs is 1. The zero-order valence-electron chi connectivity index (χ0n) is 11.5. The average molecular weight is 305 g/mol. The van der Waals surface area contributed by atoms with E-state index in [9.17, 15) is 0 Å². The second kappa shape index (κ2) is 5.54. The van der Waals surface area contributed by atoms with Crippen LogP contribution >= 0.6 is 11.3 Å². The van der Waals surface area contributed by atoms with Crippen molar-refractivity contribution < 1.29 is 4.42 Å². The van der Waals surface area contributed by atoms with E-state index in [0.29, 0.717) is 0 Å². The standard InChI is InChI=1S/C17H11N3OS/c1-2-4-16-14(3-1)20-17(22-16)15-8-7-13(21-15)6-5-12-9-10-18-11-19-12/h1-11H/b6-5+. The molecule has 0 unspecified atom stereocenters. The molecule has 4 rings (SSSR count). The highest BCUT2D eigenvalue weighted by atomic mass is 32.1. The summed E-state index contributed by atoms with van der Waals surface area (Å²) in [7, 11) is 0. The van der Waals surface area contributed by atoms with Crippen LogP contribution in [0.2, 0.25) is 0 Å². The second-order valence-corrected chi connectivity index (χ2v) is 5.69. The van der Waals surface area contributed by atoms with Gasteiger partial charge in [-0.05, 0) is 42.5 Å². The first kappa shape index (κ1) is 12.9. The van der Waals surface area contributed by atoms with E-state index in [1.54, 1.807) is 17.5 Å². The van der Waals surface area contributed by atoms with Crippen molar-refractivity contribution >= 4 is 33.7 Å². The fraction of sp³-hybridized carbons (Fsp3) is 0. The number of benzene rings is 1. The van der Waals surface area contributed by atoms with Crippen molar-refractivity contribution in [1.82, 2.24) is 15.0 Å². The smallest absolute Gasteiger partial charge is 0.163 e. The molecule has 0 aliphatic rings. The third-order valence-electron chi connectivity index (χ3n) is 3.15. The molecule has 4 aromatic rings. The maximum atomic E-state index is 5.84. The number of hydrogen-bond acceptors (Lipinski definition) is 5. The quantitative estimate of drug-likeness (QED) is 0.558. The van der Waals surface area contributed by atoms with Gasteiger partial charge in [0.25, 0.3) is 0 Å². The Kier molecular flexibility index (Phi) is 3.25. The molecular formula is C17H11N3OS. The molecule has 0 bridgehead atoms. The minimum Gasteiger partial charge on any atom is -0.454 e. The van der Waals surface area contributed by atoms with Gasteiger partial charge in [0.2, 0.25) is 0 Å². The lowest BCUT2D eigenvalue weighted by molar-refractivity contribution is 0.572. The van der Waals surface area contributed by atoms with Gasteiger partial charge in [0, 0.05) is 6.20 Å². The minimum absolute atomic E-state index is 0.771. The van der Waals surface area contributed by atoms with E-state index in [1.807, 2.05) is 48.6 Å². The zero-order chi connectivity index (χ0) is 14.8. The number of nitrogens with zero attached hydrogens (tertiary/aromatic N) is 3. The molecular weight excluding hydrogens is 294 g/mol. The van der Waals surface area contributed by atoms with E-state index in [1.165, 1.54) is 6.33 Å². The Morgan fingerprint density at radius 2 is 1.95 bits per heavy atom. The fourth-order valence-corrected chi connectivity index (χ4v) is 3.03. The van der Waals surface area contributed by atoms with Crippen LogP contribution in [-0.4, -0.2) is 15.0 Å². The van der Waals surface area contributed by atoms with Gasteiger partial charge in [0.15, 0.2) is 10.8 Å². The highest BCUT2D eigenvalue weighted by Crippen LogP contribution is 2.31. The van der Waals surface area contributed by atoms with Crippen LogP contribution in [0.1, 0.15) is 11.5 Å². The van der Waals surface area contributed by atoms with Crippen molar-refractivity contribution in [3.63, 3.8) is 0 Å². The van der Waals surface area contributed by atoms with Gasteiger partial charge in [-0.1, -0.05) is 12.1 Å². The molecule has 0 aliphatic heterocycles. The largest absolute Gasteiger partial charge is 0.454 e. The molecule has 106 valence electrons. The first-order valence-electron chi connectivity index (χ1n) is 6.78. The zero-order valence-corrected chi connectivity index (χ0v) is 12.3. The molecule has 0 amide bonds. The van der Waals surface area contributed by atoms with Crippen LogP contribution in [0.3, 0.4) is 0 Å². The van der Waals surface area contributed by atoms with Gasteiger partial charge in [-0.2, -0.15) is 0 Å². The van der Waals surface area contributed by atoms with Crippen LogP contribution in [0, 0.1) is 0 Å². The molecule has 1 aromatic carbocycles.